The molecule has 2 saturated heterocycles. The maximum atomic E-state index is 11.9. The van der Waals surface area contributed by atoms with Crippen LogP contribution >= 0.6 is 11.8 Å². The zero-order chi connectivity index (χ0) is 24.2. The van der Waals surface area contributed by atoms with Gasteiger partial charge in [-0.3, -0.25) is 19.9 Å². The van der Waals surface area contributed by atoms with E-state index in [0.29, 0.717) is 28.3 Å². The molecule has 10 heteroatoms. The number of rotatable bonds is 7. The lowest BCUT2D eigenvalue weighted by molar-refractivity contribution is -0.115. The summed E-state index contributed by atoms with van der Waals surface area (Å²) >= 11 is 0.865. The van der Waals surface area contributed by atoms with Crippen molar-refractivity contribution in [2.45, 2.75) is 19.4 Å². The largest absolute Gasteiger partial charge is 0.481 e. The fraction of sp³-hybridized carbons (Fsp3) is 0.320. The molecule has 0 unspecified atom stereocenters. The maximum Gasteiger partial charge on any atom is 0.290 e. The Kier molecular flexibility index (Phi) is 6.91. The second kappa shape index (κ2) is 10.4. The summed E-state index contributed by atoms with van der Waals surface area (Å²) < 4.78 is 5.34. The number of hydrogen-bond acceptors (Lipinski definition) is 9. The summed E-state index contributed by atoms with van der Waals surface area (Å²) in [4.78, 5) is 39.6. The van der Waals surface area contributed by atoms with Crippen LogP contribution in [0, 0.1) is 5.92 Å². The molecule has 3 aromatic rings. The number of para-hydroxylation sites is 1. The van der Waals surface area contributed by atoms with Crippen molar-refractivity contribution in [1.82, 2.24) is 25.6 Å². The van der Waals surface area contributed by atoms with Crippen molar-refractivity contribution >= 4 is 45.8 Å². The topological polar surface area (TPSA) is 109 Å². The Morgan fingerprint density at radius 3 is 2.74 bits per heavy atom. The highest BCUT2D eigenvalue weighted by Gasteiger charge is 2.26. The quantitative estimate of drug-likeness (QED) is 0.482. The Bertz CT molecular complexity index is 1290. The monoisotopic (exact) mass is 490 g/mol. The van der Waals surface area contributed by atoms with Crippen molar-refractivity contribution in [3.05, 3.63) is 58.8 Å². The van der Waals surface area contributed by atoms with Crippen LogP contribution in [0.1, 0.15) is 24.2 Å². The molecule has 2 aromatic heterocycles. The smallest absolute Gasteiger partial charge is 0.290 e. The molecule has 0 radical (unpaired) electrons. The van der Waals surface area contributed by atoms with Gasteiger partial charge in [0.2, 0.25) is 11.8 Å². The lowest BCUT2D eigenvalue weighted by atomic mass is 9.97. The Labute approximate surface area is 207 Å². The number of aromatic nitrogens is 3. The van der Waals surface area contributed by atoms with Gasteiger partial charge in [-0.15, -0.1) is 0 Å². The minimum atomic E-state index is -0.411. The first-order chi connectivity index (χ1) is 17.1. The molecule has 2 N–H and O–H groups in total. The van der Waals surface area contributed by atoms with Crippen LogP contribution in [0.2, 0.25) is 0 Å². The van der Waals surface area contributed by atoms with E-state index in [1.54, 1.807) is 19.3 Å². The van der Waals surface area contributed by atoms with Gasteiger partial charge in [-0.25, -0.2) is 4.98 Å². The van der Waals surface area contributed by atoms with Gasteiger partial charge in [0.05, 0.1) is 28.9 Å². The molecule has 2 aliphatic heterocycles. The highest BCUT2D eigenvalue weighted by atomic mass is 32.2. The number of methoxy groups -OCH3 is 1. The number of nitrogens with one attached hydrogen (secondary N) is 2. The van der Waals surface area contributed by atoms with E-state index in [2.05, 4.69) is 43.7 Å². The van der Waals surface area contributed by atoms with Crippen LogP contribution in [0.3, 0.4) is 0 Å². The van der Waals surface area contributed by atoms with Gasteiger partial charge in [0, 0.05) is 31.1 Å². The molecule has 0 spiro atoms. The summed E-state index contributed by atoms with van der Waals surface area (Å²) in [7, 11) is 1.55. The zero-order valence-corrected chi connectivity index (χ0v) is 20.2. The number of hydrogen-bond donors (Lipinski definition) is 2. The molecule has 9 nitrogen and oxygen atoms in total. The van der Waals surface area contributed by atoms with Gasteiger partial charge in [0.25, 0.3) is 11.1 Å². The number of amides is 2. The van der Waals surface area contributed by atoms with Crippen molar-refractivity contribution in [3.63, 3.8) is 0 Å². The van der Waals surface area contributed by atoms with Gasteiger partial charge >= 0.3 is 0 Å². The summed E-state index contributed by atoms with van der Waals surface area (Å²) in [5, 5.41) is 6.59. The van der Waals surface area contributed by atoms with Crippen molar-refractivity contribution < 1.29 is 14.3 Å². The standard InChI is InChI=1S/C25H26N6O3S/c1-34-22-13-19(12-21-23(32)30-25(33)35-21)28-24(29-22)31-10-8-16(9-11-31)14-26-15-18-7-6-17-4-2-3-5-20(17)27-18/h2-7,12-13,16,26H,8-11,14-15H2,1H3,(H,30,32,33)/b21-12-. The minimum Gasteiger partial charge on any atom is -0.481 e. The number of fused-ring (bicyclic) bond motifs is 1. The first-order valence-corrected chi connectivity index (χ1v) is 12.4. The summed E-state index contributed by atoms with van der Waals surface area (Å²) in [6.45, 7) is 3.34. The van der Waals surface area contributed by atoms with Crippen LogP contribution in [0.25, 0.3) is 17.0 Å². The Morgan fingerprint density at radius 2 is 1.97 bits per heavy atom. The molecule has 5 rings (SSSR count). The van der Waals surface area contributed by atoms with Gasteiger partial charge in [-0.05, 0) is 55.3 Å². The number of thioether (sulfide) groups is 1. The van der Waals surface area contributed by atoms with E-state index in [4.69, 9.17) is 9.72 Å². The Balaban J connectivity index is 1.17. The predicted octanol–water partition coefficient (Wildman–Crippen LogP) is 3.36. The number of pyridine rings is 1. The summed E-state index contributed by atoms with van der Waals surface area (Å²) in [6.07, 6.45) is 3.62. The number of piperidine rings is 1. The molecule has 0 saturated carbocycles. The van der Waals surface area contributed by atoms with E-state index < -0.39 is 5.91 Å². The third-order valence-electron chi connectivity index (χ3n) is 6.13. The van der Waals surface area contributed by atoms with Gasteiger partial charge < -0.3 is 15.0 Å². The van der Waals surface area contributed by atoms with E-state index in [0.717, 1.165) is 67.4 Å². The maximum absolute atomic E-state index is 11.9. The number of carbonyl (C=O) groups is 2. The lowest BCUT2D eigenvalue weighted by Crippen LogP contribution is -2.38. The Hall–Kier alpha value is -3.50. The van der Waals surface area contributed by atoms with Crippen molar-refractivity contribution in [2.75, 3.05) is 31.6 Å². The van der Waals surface area contributed by atoms with Crippen molar-refractivity contribution in [2.24, 2.45) is 5.92 Å². The van der Waals surface area contributed by atoms with Crippen molar-refractivity contribution in [3.8, 4) is 5.88 Å². The molecule has 2 aliphatic rings. The van der Waals surface area contributed by atoms with Gasteiger partial charge in [0.1, 0.15) is 0 Å². The molecular formula is C25H26N6O3S. The molecule has 0 atom stereocenters. The highest BCUT2D eigenvalue weighted by Crippen LogP contribution is 2.27. The van der Waals surface area contributed by atoms with Gasteiger partial charge in [-0.1, -0.05) is 24.3 Å². The SMILES string of the molecule is COc1cc(/C=C2\SC(=O)NC2=O)nc(N2CCC(CNCc3ccc4ccccc4n3)CC2)n1. The lowest BCUT2D eigenvalue weighted by Gasteiger charge is -2.32. The molecule has 2 fully saturated rings. The first-order valence-electron chi connectivity index (χ1n) is 11.6. The average molecular weight is 491 g/mol. The summed E-state index contributed by atoms with van der Waals surface area (Å²) in [6, 6.07) is 14.0. The second-order valence-electron chi connectivity index (χ2n) is 8.54. The average Bonchev–Trinajstić information content (AvgIpc) is 3.20. The van der Waals surface area contributed by atoms with Crippen LogP contribution in [0.15, 0.2) is 47.4 Å². The molecule has 4 heterocycles. The number of anilines is 1. The highest BCUT2D eigenvalue weighted by molar-refractivity contribution is 8.18. The third kappa shape index (κ3) is 5.60. The Morgan fingerprint density at radius 1 is 1.14 bits per heavy atom. The van der Waals surface area contributed by atoms with Crippen LogP contribution < -0.4 is 20.3 Å². The third-order valence-corrected chi connectivity index (χ3v) is 6.94. The number of nitrogens with zero attached hydrogens (tertiary/aromatic N) is 4. The van der Waals surface area contributed by atoms with Gasteiger partial charge in [0.15, 0.2) is 0 Å². The normalized spacial score (nSPS) is 17.9. The van der Waals surface area contributed by atoms with E-state index in [9.17, 15) is 9.59 Å². The van der Waals surface area contributed by atoms with E-state index in [-0.39, 0.29) is 5.24 Å². The minimum absolute atomic E-state index is 0.312. The summed E-state index contributed by atoms with van der Waals surface area (Å²) in [5.74, 6) is 1.13. The predicted molar refractivity (Wildman–Crippen MR) is 136 cm³/mol. The number of imide groups is 1. The van der Waals surface area contributed by atoms with Crippen LogP contribution in [0.4, 0.5) is 10.7 Å². The molecule has 2 amide bonds. The first kappa shape index (κ1) is 23.3. The van der Waals surface area contributed by atoms with Crippen LogP contribution in [-0.2, 0) is 11.3 Å². The number of ether oxygens (including phenoxy) is 1. The number of carbonyl (C=O) groups excluding carboxylic acids is 2. The molecule has 0 bridgehead atoms. The van der Waals surface area contributed by atoms with Crippen LogP contribution in [0.5, 0.6) is 5.88 Å². The van der Waals surface area contributed by atoms with E-state index >= 15 is 0 Å². The second-order valence-corrected chi connectivity index (χ2v) is 9.56. The van der Waals surface area contributed by atoms with Crippen LogP contribution in [-0.4, -0.2) is 52.8 Å². The van der Waals surface area contributed by atoms with Crippen molar-refractivity contribution in [1.29, 1.82) is 0 Å². The fourth-order valence-corrected chi connectivity index (χ4v) is 4.92. The molecule has 1 aromatic carbocycles. The van der Waals surface area contributed by atoms with E-state index in [1.807, 2.05) is 18.2 Å². The van der Waals surface area contributed by atoms with Gasteiger partial charge in [-0.2, -0.15) is 4.98 Å². The molecule has 180 valence electrons. The molecule has 35 heavy (non-hydrogen) atoms. The summed E-state index contributed by atoms with van der Waals surface area (Å²) in [5.41, 5.74) is 2.60. The number of benzene rings is 1. The zero-order valence-electron chi connectivity index (χ0n) is 19.4. The molecular weight excluding hydrogens is 464 g/mol. The fourth-order valence-electron chi connectivity index (χ4n) is 4.25. The van der Waals surface area contributed by atoms with E-state index in [1.165, 1.54) is 0 Å². The molecule has 0 aliphatic carbocycles.